The van der Waals surface area contributed by atoms with Crippen molar-refractivity contribution in [1.82, 2.24) is 15.5 Å². The van der Waals surface area contributed by atoms with Crippen molar-refractivity contribution in [3.63, 3.8) is 0 Å². The predicted octanol–water partition coefficient (Wildman–Crippen LogP) is 5.83. The van der Waals surface area contributed by atoms with Gasteiger partial charge in [0.2, 0.25) is 11.8 Å². The number of carbonyl (C=O) groups is 3. The first-order valence-corrected chi connectivity index (χ1v) is 13.4. The zero-order chi connectivity index (χ0) is 27.6. The van der Waals surface area contributed by atoms with E-state index in [4.69, 9.17) is 4.74 Å². The van der Waals surface area contributed by atoms with E-state index >= 15 is 0 Å². The monoisotopic (exact) mass is 503 g/mol. The number of amides is 3. The Morgan fingerprint density at radius 3 is 2.11 bits per heavy atom. The zero-order valence-electron chi connectivity index (χ0n) is 24.2. The summed E-state index contributed by atoms with van der Waals surface area (Å²) in [6.45, 7) is 19.8. The third kappa shape index (κ3) is 10.2. The van der Waals surface area contributed by atoms with Gasteiger partial charge in [0.15, 0.2) is 0 Å². The molecule has 0 aromatic heterocycles. The zero-order valence-corrected chi connectivity index (χ0v) is 24.2. The Morgan fingerprint density at radius 2 is 1.61 bits per heavy atom. The predicted molar refractivity (Wildman–Crippen MR) is 146 cm³/mol. The highest BCUT2D eigenvalue weighted by Gasteiger charge is 2.36. The lowest BCUT2D eigenvalue weighted by Gasteiger charge is -2.35. The molecule has 0 heterocycles. The van der Waals surface area contributed by atoms with Crippen LogP contribution in [-0.4, -0.2) is 47.0 Å². The van der Waals surface area contributed by atoms with E-state index in [9.17, 15) is 14.4 Å². The molecule has 0 bridgehead atoms. The molecule has 0 aliphatic rings. The van der Waals surface area contributed by atoms with Gasteiger partial charge in [-0.25, -0.2) is 4.79 Å². The molecule has 36 heavy (non-hydrogen) atoms. The highest BCUT2D eigenvalue weighted by atomic mass is 16.6. The standard InChI is InChI=1S/C29H49N3O4/c1-11-13-22(7)30-26(33)25(23-15-14-20(5)21(6)18-23)32(16-12-2)27(34)24(17-19(3)4)31-28(35)36-29(8,9)10/h14-15,18-19,22,24-25H,11-13,16-17H2,1-10H3,(H,30,33)(H,31,35). The molecule has 204 valence electrons. The number of nitrogens with one attached hydrogen (secondary N) is 2. The molecule has 7 heteroatoms. The Morgan fingerprint density at radius 1 is 0.972 bits per heavy atom. The minimum Gasteiger partial charge on any atom is -0.444 e. The van der Waals surface area contributed by atoms with Gasteiger partial charge >= 0.3 is 6.09 Å². The third-order valence-electron chi connectivity index (χ3n) is 5.96. The highest BCUT2D eigenvalue weighted by Crippen LogP contribution is 2.26. The van der Waals surface area contributed by atoms with E-state index in [-0.39, 0.29) is 23.8 Å². The molecule has 0 radical (unpaired) electrons. The van der Waals surface area contributed by atoms with Crippen molar-refractivity contribution in [2.24, 2.45) is 5.92 Å². The molecule has 1 aromatic carbocycles. The second-order valence-corrected chi connectivity index (χ2v) is 11.3. The number of carbonyl (C=O) groups excluding carboxylic acids is 3. The summed E-state index contributed by atoms with van der Waals surface area (Å²) in [5, 5.41) is 5.90. The van der Waals surface area contributed by atoms with Gasteiger partial charge < -0.3 is 20.3 Å². The second-order valence-electron chi connectivity index (χ2n) is 11.3. The van der Waals surface area contributed by atoms with Crippen molar-refractivity contribution in [2.45, 2.75) is 119 Å². The highest BCUT2D eigenvalue weighted by molar-refractivity contribution is 5.92. The number of ether oxygens (including phenoxy) is 1. The van der Waals surface area contributed by atoms with E-state index in [1.165, 1.54) is 0 Å². The molecule has 0 aliphatic heterocycles. The van der Waals surface area contributed by atoms with Crippen LogP contribution in [-0.2, 0) is 14.3 Å². The van der Waals surface area contributed by atoms with E-state index in [1.807, 2.05) is 59.7 Å². The Kier molecular flexibility index (Phi) is 12.4. The maximum atomic E-state index is 14.0. The molecule has 0 saturated carbocycles. The van der Waals surface area contributed by atoms with Crippen molar-refractivity contribution in [1.29, 1.82) is 0 Å². The minimum absolute atomic E-state index is 0.0125. The van der Waals surface area contributed by atoms with E-state index in [0.717, 1.165) is 29.5 Å². The van der Waals surface area contributed by atoms with Crippen LogP contribution >= 0.6 is 0 Å². The van der Waals surface area contributed by atoms with E-state index in [1.54, 1.807) is 25.7 Å². The number of hydrogen-bond acceptors (Lipinski definition) is 4. The molecule has 0 saturated heterocycles. The van der Waals surface area contributed by atoms with Gasteiger partial charge in [0, 0.05) is 12.6 Å². The lowest BCUT2D eigenvalue weighted by Crippen LogP contribution is -2.54. The van der Waals surface area contributed by atoms with Crippen LogP contribution in [0.3, 0.4) is 0 Å². The van der Waals surface area contributed by atoms with Gasteiger partial charge in [-0.15, -0.1) is 0 Å². The molecule has 1 rings (SSSR count). The summed E-state index contributed by atoms with van der Waals surface area (Å²) >= 11 is 0. The van der Waals surface area contributed by atoms with Crippen molar-refractivity contribution in [3.05, 3.63) is 34.9 Å². The molecule has 0 fully saturated rings. The number of hydrogen-bond donors (Lipinski definition) is 2. The number of alkyl carbamates (subject to hydrolysis) is 1. The maximum Gasteiger partial charge on any atom is 0.408 e. The number of benzene rings is 1. The number of rotatable bonds is 12. The summed E-state index contributed by atoms with van der Waals surface area (Å²) in [7, 11) is 0. The fourth-order valence-corrected chi connectivity index (χ4v) is 4.18. The minimum atomic E-state index is -0.804. The first-order chi connectivity index (χ1) is 16.7. The molecular weight excluding hydrogens is 454 g/mol. The molecule has 3 unspecified atom stereocenters. The van der Waals surface area contributed by atoms with Crippen molar-refractivity contribution >= 4 is 17.9 Å². The van der Waals surface area contributed by atoms with Crippen molar-refractivity contribution in [3.8, 4) is 0 Å². The fraction of sp³-hybridized carbons (Fsp3) is 0.690. The third-order valence-corrected chi connectivity index (χ3v) is 5.96. The van der Waals surface area contributed by atoms with Crippen LogP contribution in [0.1, 0.15) is 104 Å². The fourth-order valence-electron chi connectivity index (χ4n) is 4.18. The van der Waals surface area contributed by atoms with Gasteiger partial charge in [-0.3, -0.25) is 9.59 Å². The van der Waals surface area contributed by atoms with E-state index in [0.29, 0.717) is 19.4 Å². The summed E-state index contributed by atoms with van der Waals surface area (Å²) in [5.74, 6) is -0.338. The van der Waals surface area contributed by atoms with E-state index in [2.05, 4.69) is 17.6 Å². The number of aryl methyl sites for hydroxylation is 2. The molecule has 0 aliphatic carbocycles. The largest absolute Gasteiger partial charge is 0.444 e. The maximum absolute atomic E-state index is 14.0. The molecule has 0 spiro atoms. The van der Waals surface area contributed by atoms with Crippen molar-refractivity contribution in [2.75, 3.05) is 6.54 Å². The average molecular weight is 504 g/mol. The quantitative estimate of drug-likeness (QED) is 0.376. The summed E-state index contributed by atoms with van der Waals surface area (Å²) in [6, 6.07) is 4.28. The molecule has 3 atom stereocenters. The summed E-state index contributed by atoms with van der Waals surface area (Å²) < 4.78 is 5.44. The topological polar surface area (TPSA) is 87.7 Å². The first kappa shape index (κ1) is 31.5. The normalized spacial score (nSPS) is 14.1. The van der Waals surface area contributed by atoms with Gasteiger partial charge in [0.05, 0.1) is 0 Å². The van der Waals surface area contributed by atoms with Gasteiger partial charge in [0.25, 0.3) is 0 Å². The van der Waals surface area contributed by atoms with E-state index < -0.39 is 23.8 Å². The van der Waals surface area contributed by atoms with Gasteiger partial charge in [0.1, 0.15) is 17.7 Å². The Balaban J connectivity index is 3.48. The molecule has 1 aromatic rings. The van der Waals surface area contributed by atoms with Gasteiger partial charge in [-0.2, -0.15) is 0 Å². The van der Waals surface area contributed by atoms with Crippen molar-refractivity contribution < 1.29 is 19.1 Å². The van der Waals surface area contributed by atoms with Crippen LogP contribution < -0.4 is 10.6 Å². The number of nitrogens with zero attached hydrogens (tertiary/aromatic N) is 1. The van der Waals surface area contributed by atoms with Crippen LogP contribution in [0.5, 0.6) is 0 Å². The molecule has 2 N–H and O–H groups in total. The van der Waals surface area contributed by atoms with Gasteiger partial charge in [-0.1, -0.05) is 52.3 Å². The van der Waals surface area contributed by atoms with Crippen LogP contribution in [0.25, 0.3) is 0 Å². The summed E-state index contributed by atoms with van der Waals surface area (Å²) in [5.41, 5.74) is 2.26. The summed E-state index contributed by atoms with van der Waals surface area (Å²) in [4.78, 5) is 42.0. The Labute approximate surface area is 218 Å². The second kappa shape index (κ2) is 14.2. The first-order valence-electron chi connectivity index (χ1n) is 13.4. The summed E-state index contributed by atoms with van der Waals surface area (Å²) in [6.07, 6.45) is 2.27. The molecule has 7 nitrogen and oxygen atoms in total. The Bertz CT molecular complexity index is 876. The SMILES string of the molecule is CCCC(C)NC(=O)C(c1ccc(C)c(C)c1)N(CCC)C(=O)C(CC(C)C)NC(=O)OC(C)(C)C. The lowest BCUT2D eigenvalue weighted by atomic mass is 9.96. The Hall–Kier alpha value is -2.57. The molecular formula is C29H49N3O4. The van der Waals surface area contributed by atoms with Crippen LogP contribution in [0.2, 0.25) is 0 Å². The van der Waals surface area contributed by atoms with Crippen LogP contribution in [0.4, 0.5) is 4.79 Å². The smallest absolute Gasteiger partial charge is 0.408 e. The van der Waals surface area contributed by atoms with Crippen LogP contribution in [0, 0.1) is 19.8 Å². The lowest BCUT2D eigenvalue weighted by molar-refractivity contribution is -0.143. The van der Waals surface area contributed by atoms with Crippen LogP contribution in [0.15, 0.2) is 18.2 Å². The average Bonchev–Trinajstić information content (AvgIpc) is 2.73. The van der Waals surface area contributed by atoms with Gasteiger partial charge in [-0.05, 0) is 83.4 Å². The molecule has 3 amide bonds.